The Balaban J connectivity index is 1.65. The van der Waals surface area contributed by atoms with Crippen LogP contribution < -0.4 is 10.2 Å². The van der Waals surface area contributed by atoms with Crippen LogP contribution in [0.2, 0.25) is 5.02 Å². The largest absolute Gasteiger partial charge is 0.385 e. The van der Waals surface area contributed by atoms with E-state index >= 15 is 0 Å². The summed E-state index contributed by atoms with van der Waals surface area (Å²) in [5.41, 5.74) is 1.03. The number of rotatable bonds is 7. The van der Waals surface area contributed by atoms with Gasteiger partial charge in [0.1, 0.15) is 12.4 Å². The van der Waals surface area contributed by atoms with Crippen molar-refractivity contribution in [1.82, 2.24) is 30.0 Å². The number of nitrogens with one attached hydrogen (secondary N) is 1. The van der Waals surface area contributed by atoms with E-state index in [1.54, 1.807) is 19.5 Å². The smallest absolute Gasteiger partial charge is 0.194 e. The summed E-state index contributed by atoms with van der Waals surface area (Å²) in [6.45, 7) is 7.39. The van der Waals surface area contributed by atoms with Gasteiger partial charge in [-0.3, -0.25) is 4.98 Å². The standard InChI is InChI=1S/C19H29ClN8O/c1-15-24-25-18(26(15)2)14-23-19(22-6-4-12-29-3)28-10-8-27(9-11-28)17-5-7-21-13-16(17)20/h5,7,13H,4,6,8-12,14H2,1-3H3,(H,22,23). The van der Waals surface area contributed by atoms with Gasteiger partial charge in [0, 0.05) is 65.9 Å². The van der Waals surface area contributed by atoms with Crippen molar-refractivity contribution < 1.29 is 4.74 Å². The van der Waals surface area contributed by atoms with Gasteiger partial charge in [-0.25, -0.2) is 4.99 Å². The molecule has 1 aliphatic rings. The summed E-state index contributed by atoms with van der Waals surface area (Å²) in [4.78, 5) is 13.5. The highest BCUT2D eigenvalue weighted by atomic mass is 35.5. The number of aryl methyl sites for hydroxylation is 1. The van der Waals surface area contributed by atoms with Crippen LogP contribution in [0.1, 0.15) is 18.1 Å². The predicted molar refractivity (Wildman–Crippen MR) is 114 cm³/mol. The van der Waals surface area contributed by atoms with Crippen LogP contribution in [0, 0.1) is 6.92 Å². The maximum atomic E-state index is 6.31. The molecule has 3 rings (SSSR count). The number of ether oxygens (including phenoxy) is 1. The number of hydrogen-bond donors (Lipinski definition) is 1. The van der Waals surface area contributed by atoms with Gasteiger partial charge in [0.25, 0.3) is 0 Å². The molecule has 0 unspecified atom stereocenters. The molecule has 2 aromatic rings. The van der Waals surface area contributed by atoms with Crippen molar-refractivity contribution >= 4 is 23.2 Å². The van der Waals surface area contributed by atoms with E-state index in [9.17, 15) is 0 Å². The molecule has 29 heavy (non-hydrogen) atoms. The summed E-state index contributed by atoms with van der Waals surface area (Å²) >= 11 is 6.31. The zero-order chi connectivity index (χ0) is 20.6. The van der Waals surface area contributed by atoms with E-state index in [2.05, 4.69) is 30.3 Å². The highest BCUT2D eigenvalue weighted by molar-refractivity contribution is 6.33. The molecule has 1 fully saturated rings. The first-order valence-electron chi connectivity index (χ1n) is 9.81. The number of methoxy groups -OCH3 is 1. The first-order chi connectivity index (χ1) is 14.1. The second-order valence-corrected chi connectivity index (χ2v) is 7.34. The number of hydrogen-bond acceptors (Lipinski definition) is 6. The molecule has 0 amide bonds. The molecule has 0 aromatic carbocycles. The van der Waals surface area contributed by atoms with Crippen LogP contribution in [0.15, 0.2) is 23.5 Å². The number of aromatic nitrogens is 4. The molecule has 158 valence electrons. The number of guanidine groups is 1. The van der Waals surface area contributed by atoms with Crippen molar-refractivity contribution in [3.63, 3.8) is 0 Å². The van der Waals surface area contributed by atoms with Gasteiger partial charge in [-0.05, 0) is 19.4 Å². The third-order valence-electron chi connectivity index (χ3n) is 5.03. The molecule has 0 radical (unpaired) electrons. The predicted octanol–water partition coefficient (Wildman–Crippen LogP) is 1.48. The monoisotopic (exact) mass is 420 g/mol. The molecule has 1 saturated heterocycles. The molecule has 2 aromatic heterocycles. The molecule has 1 aliphatic heterocycles. The van der Waals surface area contributed by atoms with Crippen LogP contribution in [0.4, 0.5) is 5.69 Å². The highest BCUT2D eigenvalue weighted by Gasteiger charge is 2.21. The Kier molecular flexibility index (Phi) is 7.65. The van der Waals surface area contributed by atoms with Crippen LogP contribution >= 0.6 is 11.6 Å². The molecule has 0 bridgehead atoms. The third kappa shape index (κ3) is 5.57. The van der Waals surface area contributed by atoms with Crippen molar-refractivity contribution in [2.75, 3.05) is 51.3 Å². The first-order valence-corrected chi connectivity index (χ1v) is 10.2. The van der Waals surface area contributed by atoms with Crippen LogP contribution in [0.5, 0.6) is 0 Å². The molecule has 1 N–H and O–H groups in total. The van der Waals surface area contributed by atoms with E-state index in [0.29, 0.717) is 11.6 Å². The van der Waals surface area contributed by atoms with Crippen LogP contribution in [0.25, 0.3) is 0 Å². The molecule has 0 atom stereocenters. The fraction of sp³-hybridized carbons (Fsp3) is 0.579. The quantitative estimate of drug-likeness (QED) is 0.412. The average molecular weight is 421 g/mol. The summed E-state index contributed by atoms with van der Waals surface area (Å²) in [6.07, 6.45) is 4.39. The minimum atomic E-state index is 0.486. The Morgan fingerprint density at radius 2 is 2.07 bits per heavy atom. The van der Waals surface area contributed by atoms with Gasteiger partial charge < -0.3 is 24.4 Å². The zero-order valence-corrected chi connectivity index (χ0v) is 18.1. The van der Waals surface area contributed by atoms with Crippen LogP contribution in [-0.4, -0.2) is 77.0 Å². The Bertz CT molecular complexity index is 816. The minimum absolute atomic E-state index is 0.486. The molecular formula is C19H29ClN8O. The van der Waals surface area contributed by atoms with Gasteiger partial charge in [0.2, 0.25) is 0 Å². The Labute approximate surface area is 176 Å². The number of piperazine rings is 1. The van der Waals surface area contributed by atoms with Gasteiger partial charge >= 0.3 is 0 Å². The molecule has 9 nitrogen and oxygen atoms in total. The Morgan fingerprint density at radius 1 is 1.28 bits per heavy atom. The molecule has 10 heteroatoms. The van der Waals surface area contributed by atoms with Gasteiger partial charge in [-0.2, -0.15) is 0 Å². The Morgan fingerprint density at radius 3 is 2.72 bits per heavy atom. The lowest BCUT2D eigenvalue weighted by Crippen LogP contribution is -2.52. The average Bonchev–Trinajstić information content (AvgIpc) is 3.06. The summed E-state index contributed by atoms with van der Waals surface area (Å²) in [6, 6.07) is 1.96. The summed E-state index contributed by atoms with van der Waals surface area (Å²) in [5.74, 6) is 2.62. The van der Waals surface area contributed by atoms with Crippen molar-refractivity contribution in [2.24, 2.45) is 12.0 Å². The summed E-state index contributed by atoms with van der Waals surface area (Å²) in [5, 5.41) is 12.5. The van der Waals surface area contributed by atoms with Crippen molar-refractivity contribution in [2.45, 2.75) is 19.9 Å². The molecule has 0 saturated carbocycles. The summed E-state index contributed by atoms with van der Waals surface area (Å²) < 4.78 is 7.12. The maximum absolute atomic E-state index is 6.31. The van der Waals surface area contributed by atoms with E-state index in [0.717, 1.165) is 69.0 Å². The van der Waals surface area contributed by atoms with Crippen molar-refractivity contribution in [1.29, 1.82) is 0 Å². The highest BCUT2D eigenvalue weighted by Crippen LogP contribution is 2.25. The number of anilines is 1. The van der Waals surface area contributed by atoms with Gasteiger partial charge in [-0.15, -0.1) is 10.2 Å². The van der Waals surface area contributed by atoms with Crippen LogP contribution in [-0.2, 0) is 18.3 Å². The van der Waals surface area contributed by atoms with Gasteiger partial charge in [0.15, 0.2) is 11.8 Å². The van der Waals surface area contributed by atoms with E-state index in [-0.39, 0.29) is 0 Å². The van der Waals surface area contributed by atoms with E-state index in [4.69, 9.17) is 21.3 Å². The van der Waals surface area contributed by atoms with Crippen molar-refractivity contribution in [3.05, 3.63) is 35.1 Å². The number of aliphatic imine (C=N–C) groups is 1. The molecule has 0 spiro atoms. The summed E-state index contributed by atoms with van der Waals surface area (Å²) in [7, 11) is 3.68. The lowest BCUT2D eigenvalue weighted by Gasteiger charge is -2.38. The van der Waals surface area contributed by atoms with E-state index in [1.165, 1.54) is 0 Å². The lowest BCUT2D eigenvalue weighted by molar-refractivity contribution is 0.195. The molecule has 0 aliphatic carbocycles. The van der Waals surface area contributed by atoms with Gasteiger partial charge in [-0.1, -0.05) is 11.6 Å². The van der Waals surface area contributed by atoms with E-state index < -0.39 is 0 Å². The second-order valence-electron chi connectivity index (χ2n) is 6.94. The number of halogens is 1. The Hall–Kier alpha value is -2.39. The van der Waals surface area contributed by atoms with Gasteiger partial charge in [0.05, 0.1) is 10.7 Å². The number of nitrogens with zero attached hydrogens (tertiary/aromatic N) is 7. The maximum Gasteiger partial charge on any atom is 0.194 e. The minimum Gasteiger partial charge on any atom is -0.385 e. The van der Waals surface area contributed by atoms with E-state index in [1.807, 2.05) is 24.6 Å². The lowest BCUT2D eigenvalue weighted by atomic mass is 10.2. The topological polar surface area (TPSA) is 83.7 Å². The second kappa shape index (κ2) is 10.4. The third-order valence-corrected chi connectivity index (χ3v) is 5.32. The fourth-order valence-corrected chi connectivity index (χ4v) is 3.44. The van der Waals surface area contributed by atoms with Crippen LogP contribution in [0.3, 0.4) is 0 Å². The number of pyridine rings is 1. The fourth-order valence-electron chi connectivity index (χ4n) is 3.20. The molecular weight excluding hydrogens is 392 g/mol. The zero-order valence-electron chi connectivity index (χ0n) is 17.3. The first kappa shape index (κ1) is 21.3. The molecule has 3 heterocycles. The SMILES string of the molecule is COCCCNC(=NCc1nnc(C)n1C)N1CCN(c2ccncc2Cl)CC1. The van der Waals surface area contributed by atoms with Crippen molar-refractivity contribution in [3.8, 4) is 0 Å². The normalized spacial score (nSPS) is 15.1.